The van der Waals surface area contributed by atoms with Crippen molar-refractivity contribution in [2.24, 2.45) is 10.7 Å². The van der Waals surface area contributed by atoms with Crippen molar-refractivity contribution in [3.63, 3.8) is 0 Å². The summed E-state index contributed by atoms with van der Waals surface area (Å²) in [7, 11) is 0. The molecular formula is C14H20ClN6O-. The highest BCUT2D eigenvalue weighted by Gasteiger charge is 2.18. The second-order valence-corrected chi connectivity index (χ2v) is 5.90. The van der Waals surface area contributed by atoms with Crippen LogP contribution in [0.15, 0.2) is 21.6 Å². The van der Waals surface area contributed by atoms with Crippen LogP contribution in [0.5, 0.6) is 0 Å². The maximum Gasteiger partial charge on any atom is 0.253 e. The highest BCUT2D eigenvalue weighted by atomic mass is 35.5. The fourth-order valence-electron chi connectivity index (χ4n) is 1.71. The smallest absolute Gasteiger partial charge is 0.253 e. The SMILES string of the molecule is Cc1cc(C)nc(N/C(N)=N/c2cc(C(C)(C)C)no2)n1.[Cl-]. The Morgan fingerprint density at radius 1 is 1.18 bits per heavy atom. The third-order valence-electron chi connectivity index (χ3n) is 2.72. The van der Waals surface area contributed by atoms with Crippen molar-refractivity contribution in [1.82, 2.24) is 15.1 Å². The molecule has 2 aromatic heterocycles. The predicted octanol–water partition coefficient (Wildman–Crippen LogP) is -0.559. The summed E-state index contributed by atoms with van der Waals surface area (Å²) >= 11 is 0. The number of aryl methyl sites for hydroxylation is 2. The Bertz CT molecular complexity index is 654. The lowest BCUT2D eigenvalue weighted by Gasteiger charge is -2.12. The molecule has 0 bridgehead atoms. The van der Waals surface area contributed by atoms with Crippen molar-refractivity contribution in [2.45, 2.75) is 40.0 Å². The average molecular weight is 324 g/mol. The molecule has 0 saturated carbocycles. The van der Waals surface area contributed by atoms with Crippen LogP contribution in [0.1, 0.15) is 37.9 Å². The molecule has 22 heavy (non-hydrogen) atoms. The molecule has 0 aliphatic rings. The van der Waals surface area contributed by atoms with Crippen LogP contribution in [0.2, 0.25) is 0 Å². The Balaban J connectivity index is 0.00000242. The second kappa shape index (κ2) is 6.74. The quantitative estimate of drug-likeness (QED) is 0.567. The Labute approximate surface area is 135 Å². The number of guanidine groups is 1. The van der Waals surface area contributed by atoms with Crippen LogP contribution >= 0.6 is 0 Å². The zero-order chi connectivity index (χ0) is 15.6. The second-order valence-electron chi connectivity index (χ2n) is 5.90. The van der Waals surface area contributed by atoms with Crippen molar-refractivity contribution < 1.29 is 16.9 Å². The first-order chi connectivity index (χ1) is 9.74. The van der Waals surface area contributed by atoms with Crippen LogP contribution < -0.4 is 23.5 Å². The van der Waals surface area contributed by atoms with Gasteiger partial charge in [0, 0.05) is 22.9 Å². The molecule has 0 fully saturated rings. The fourth-order valence-corrected chi connectivity index (χ4v) is 1.71. The van der Waals surface area contributed by atoms with E-state index in [0.29, 0.717) is 11.8 Å². The summed E-state index contributed by atoms with van der Waals surface area (Å²) in [5.74, 6) is 0.898. The van der Waals surface area contributed by atoms with E-state index in [4.69, 9.17) is 10.3 Å². The topological polar surface area (TPSA) is 102 Å². The zero-order valence-electron chi connectivity index (χ0n) is 13.3. The highest BCUT2D eigenvalue weighted by molar-refractivity contribution is 5.92. The number of hydrogen-bond acceptors (Lipinski definition) is 5. The van der Waals surface area contributed by atoms with Gasteiger partial charge in [0.15, 0.2) is 0 Å². The van der Waals surface area contributed by atoms with Crippen molar-refractivity contribution in [1.29, 1.82) is 0 Å². The molecule has 0 amide bonds. The minimum atomic E-state index is -0.101. The summed E-state index contributed by atoms with van der Waals surface area (Å²) in [4.78, 5) is 12.6. The van der Waals surface area contributed by atoms with Crippen molar-refractivity contribution in [3.05, 3.63) is 29.2 Å². The number of nitrogens with two attached hydrogens (primary N) is 1. The van der Waals surface area contributed by atoms with Gasteiger partial charge in [0.2, 0.25) is 11.9 Å². The van der Waals surface area contributed by atoms with E-state index in [1.54, 1.807) is 6.07 Å². The number of halogens is 1. The van der Waals surface area contributed by atoms with Gasteiger partial charge in [-0.1, -0.05) is 25.9 Å². The number of aliphatic imine (C=N–C) groups is 1. The van der Waals surface area contributed by atoms with Gasteiger partial charge in [0.25, 0.3) is 5.88 Å². The monoisotopic (exact) mass is 323 g/mol. The fraction of sp³-hybridized carbons (Fsp3) is 0.429. The van der Waals surface area contributed by atoms with Crippen molar-refractivity contribution in [3.8, 4) is 0 Å². The third-order valence-corrected chi connectivity index (χ3v) is 2.72. The third kappa shape index (κ3) is 4.70. The lowest BCUT2D eigenvalue weighted by molar-refractivity contribution is -0.00000599. The molecule has 2 aromatic rings. The van der Waals surface area contributed by atoms with E-state index in [1.807, 2.05) is 40.7 Å². The van der Waals surface area contributed by atoms with E-state index in [1.165, 1.54) is 0 Å². The maximum absolute atomic E-state index is 5.83. The van der Waals surface area contributed by atoms with Crippen LogP contribution in [0.4, 0.5) is 11.8 Å². The van der Waals surface area contributed by atoms with E-state index < -0.39 is 0 Å². The molecular weight excluding hydrogens is 304 g/mol. The first-order valence-corrected chi connectivity index (χ1v) is 6.65. The molecule has 2 heterocycles. The molecule has 120 valence electrons. The minimum Gasteiger partial charge on any atom is -1.00 e. The van der Waals surface area contributed by atoms with Gasteiger partial charge in [-0.15, -0.1) is 0 Å². The van der Waals surface area contributed by atoms with Crippen LogP contribution in [0.3, 0.4) is 0 Å². The predicted molar refractivity (Wildman–Crippen MR) is 81.6 cm³/mol. The molecule has 8 heteroatoms. The molecule has 0 aliphatic carbocycles. The maximum atomic E-state index is 5.83. The van der Waals surface area contributed by atoms with Gasteiger partial charge < -0.3 is 22.7 Å². The normalized spacial score (nSPS) is 12.0. The van der Waals surface area contributed by atoms with Crippen LogP contribution in [0, 0.1) is 13.8 Å². The number of anilines is 1. The van der Waals surface area contributed by atoms with Gasteiger partial charge in [-0.25, -0.2) is 9.97 Å². The highest BCUT2D eigenvalue weighted by Crippen LogP contribution is 2.24. The molecule has 0 radical (unpaired) electrons. The molecule has 0 aliphatic heterocycles. The van der Waals surface area contributed by atoms with Crippen LogP contribution in [-0.2, 0) is 5.41 Å². The lowest BCUT2D eigenvalue weighted by Crippen LogP contribution is -3.00. The molecule has 0 spiro atoms. The first kappa shape index (κ1) is 17.9. The van der Waals surface area contributed by atoms with E-state index in [-0.39, 0.29) is 23.8 Å². The Morgan fingerprint density at radius 3 is 2.27 bits per heavy atom. The summed E-state index contributed by atoms with van der Waals surface area (Å²) in [6, 6.07) is 3.64. The molecule has 3 N–H and O–H groups in total. The molecule has 0 unspecified atom stereocenters. The largest absolute Gasteiger partial charge is 1.00 e. The zero-order valence-corrected chi connectivity index (χ0v) is 14.1. The summed E-state index contributed by atoms with van der Waals surface area (Å²) in [6.07, 6.45) is 0. The number of rotatable bonds is 2. The number of nitrogens with one attached hydrogen (secondary N) is 1. The Morgan fingerprint density at radius 2 is 1.77 bits per heavy atom. The Kier molecular flexibility index (Phi) is 5.48. The van der Waals surface area contributed by atoms with Crippen molar-refractivity contribution >= 4 is 17.8 Å². The van der Waals surface area contributed by atoms with E-state index in [2.05, 4.69) is 25.4 Å². The Hall–Kier alpha value is -2.15. The van der Waals surface area contributed by atoms with E-state index in [0.717, 1.165) is 17.1 Å². The lowest BCUT2D eigenvalue weighted by atomic mass is 9.92. The van der Waals surface area contributed by atoms with Crippen molar-refractivity contribution in [2.75, 3.05) is 5.32 Å². The summed E-state index contributed by atoms with van der Waals surface area (Å²) in [6.45, 7) is 9.91. The van der Waals surface area contributed by atoms with E-state index in [9.17, 15) is 0 Å². The number of aromatic nitrogens is 3. The van der Waals surface area contributed by atoms with Gasteiger partial charge in [-0.3, -0.25) is 5.32 Å². The van der Waals surface area contributed by atoms with Gasteiger partial charge in [-0.05, 0) is 19.9 Å². The van der Waals surface area contributed by atoms with Crippen LogP contribution in [0.25, 0.3) is 0 Å². The standard InChI is InChI=1S/C14H20N6O.ClH/c1-8-6-9(2)17-13(16-8)19-12(15)18-11-7-10(20-21-11)14(3,4)5;/h6-7H,1-5H3,(H3,15,16,17,18,19);1H/p-1. The molecule has 0 atom stereocenters. The number of hydrogen-bond donors (Lipinski definition) is 2. The number of nitrogens with zero attached hydrogens (tertiary/aromatic N) is 4. The first-order valence-electron chi connectivity index (χ1n) is 6.65. The molecule has 7 nitrogen and oxygen atoms in total. The van der Waals surface area contributed by atoms with E-state index >= 15 is 0 Å². The summed E-state index contributed by atoms with van der Waals surface area (Å²) < 4.78 is 5.15. The van der Waals surface area contributed by atoms with Gasteiger partial charge >= 0.3 is 0 Å². The molecule has 0 aromatic carbocycles. The average Bonchev–Trinajstić information content (AvgIpc) is 2.75. The van der Waals surface area contributed by atoms with Crippen LogP contribution in [-0.4, -0.2) is 21.1 Å². The summed E-state index contributed by atoms with van der Waals surface area (Å²) in [5.41, 5.74) is 8.25. The molecule has 2 rings (SSSR count). The van der Waals surface area contributed by atoms with Gasteiger partial charge in [-0.2, -0.15) is 4.99 Å². The van der Waals surface area contributed by atoms with Gasteiger partial charge in [0.05, 0.1) is 5.69 Å². The van der Waals surface area contributed by atoms with Gasteiger partial charge in [0.1, 0.15) is 0 Å². The minimum absolute atomic E-state index is 0. The molecule has 0 saturated heterocycles. The summed E-state index contributed by atoms with van der Waals surface area (Å²) in [5, 5.41) is 6.82.